The lowest BCUT2D eigenvalue weighted by Crippen LogP contribution is -1.99. The van der Waals surface area contributed by atoms with E-state index in [-0.39, 0.29) is 11.8 Å². The van der Waals surface area contributed by atoms with Crippen LogP contribution in [0.5, 0.6) is 0 Å². The maximum absolute atomic E-state index is 10.6. The van der Waals surface area contributed by atoms with Gasteiger partial charge in [0.15, 0.2) is 0 Å². The van der Waals surface area contributed by atoms with Gasteiger partial charge in [-0.1, -0.05) is 23.2 Å². The SMILES string of the molecule is O=C(O)[C@@H]1C[C@H]1c1cnc(Cl)cc1Cl. The Kier molecular flexibility index (Phi) is 2.37. The van der Waals surface area contributed by atoms with Crippen molar-refractivity contribution in [3.05, 3.63) is 28.0 Å². The van der Waals surface area contributed by atoms with Crippen LogP contribution in [0.2, 0.25) is 10.2 Å². The number of hydrogen-bond acceptors (Lipinski definition) is 2. The Morgan fingerprint density at radius 1 is 1.57 bits per heavy atom. The Bertz CT molecular complexity index is 394. The molecular formula is C9H7Cl2NO2. The van der Waals surface area contributed by atoms with Crippen molar-refractivity contribution in [3.63, 3.8) is 0 Å². The van der Waals surface area contributed by atoms with Crippen LogP contribution in [0.15, 0.2) is 12.3 Å². The fraction of sp³-hybridized carbons (Fsp3) is 0.333. The lowest BCUT2D eigenvalue weighted by molar-refractivity contribution is -0.138. The summed E-state index contributed by atoms with van der Waals surface area (Å²) in [5, 5.41) is 9.57. The van der Waals surface area contributed by atoms with Gasteiger partial charge in [-0.05, 0) is 18.1 Å². The van der Waals surface area contributed by atoms with Crippen molar-refractivity contribution in [2.24, 2.45) is 5.92 Å². The van der Waals surface area contributed by atoms with Gasteiger partial charge in [0.25, 0.3) is 0 Å². The highest BCUT2D eigenvalue weighted by molar-refractivity contribution is 6.34. The molecule has 0 amide bonds. The predicted molar refractivity (Wildman–Crippen MR) is 52.7 cm³/mol. The van der Waals surface area contributed by atoms with E-state index in [1.807, 2.05) is 0 Å². The van der Waals surface area contributed by atoms with E-state index in [1.54, 1.807) is 6.20 Å². The van der Waals surface area contributed by atoms with Crippen molar-refractivity contribution in [3.8, 4) is 0 Å². The Morgan fingerprint density at radius 3 is 2.79 bits per heavy atom. The van der Waals surface area contributed by atoms with Crippen molar-refractivity contribution in [1.29, 1.82) is 0 Å². The van der Waals surface area contributed by atoms with Gasteiger partial charge in [0.2, 0.25) is 0 Å². The summed E-state index contributed by atoms with van der Waals surface area (Å²) in [5.74, 6) is -1.08. The first kappa shape index (κ1) is 9.74. The zero-order valence-electron chi connectivity index (χ0n) is 7.08. The molecule has 1 aliphatic rings. The van der Waals surface area contributed by atoms with Gasteiger partial charge in [0.1, 0.15) is 5.15 Å². The lowest BCUT2D eigenvalue weighted by Gasteiger charge is -2.01. The predicted octanol–water partition coefficient (Wildman–Crippen LogP) is 2.58. The standard InChI is InChI=1S/C9H7Cl2NO2/c10-7-2-8(11)12-3-6(7)4-1-5(4)9(13)14/h2-5H,1H2,(H,13,14)/t4-,5-/m1/s1. The van der Waals surface area contributed by atoms with E-state index in [0.717, 1.165) is 5.56 Å². The average Bonchev–Trinajstić information content (AvgIpc) is 2.83. The summed E-state index contributed by atoms with van der Waals surface area (Å²) in [6.45, 7) is 0. The van der Waals surface area contributed by atoms with Crippen molar-refractivity contribution >= 4 is 29.2 Å². The number of aliphatic carboxylic acids is 1. The first-order chi connectivity index (χ1) is 6.59. The molecule has 0 bridgehead atoms. The third-order valence-corrected chi connectivity index (χ3v) is 2.89. The third kappa shape index (κ3) is 1.70. The molecule has 0 aromatic carbocycles. The third-order valence-electron chi connectivity index (χ3n) is 2.36. The van der Waals surface area contributed by atoms with Crippen LogP contribution in [-0.2, 0) is 4.79 Å². The number of nitrogens with zero attached hydrogens (tertiary/aromatic N) is 1. The zero-order chi connectivity index (χ0) is 10.3. The molecule has 1 saturated carbocycles. The summed E-state index contributed by atoms with van der Waals surface area (Å²) in [5.41, 5.74) is 0.781. The van der Waals surface area contributed by atoms with Gasteiger partial charge < -0.3 is 5.11 Å². The number of hydrogen-bond donors (Lipinski definition) is 1. The van der Waals surface area contributed by atoms with Gasteiger partial charge in [-0.25, -0.2) is 4.98 Å². The summed E-state index contributed by atoms with van der Waals surface area (Å²) < 4.78 is 0. The number of carbonyl (C=O) groups is 1. The summed E-state index contributed by atoms with van der Waals surface area (Å²) in [4.78, 5) is 14.5. The molecule has 0 aliphatic heterocycles. The summed E-state index contributed by atoms with van der Waals surface area (Å²) in [7, 11) is 0. The van der Waals surface area contributed by atoms with Crippen molar-refractivity contribution in [2.45, 2.75) is 12.3 Å². The molecule has 3 nitrogen and oxygen atoms in total. The minimum Gasteiger partial charge on any atom is -0.481 e. The second kappa shape index (κ2) is 3.41. The molecule has 1 heterocycles. The Balaban J connectivity index is 2.23. The fourth-order valence-electron chi connectivity index (χ4n) is 1.50. The fourth-order valence-corrected chi connectivity index (χ4v) is 2.01. The van der Waals surface area contributed by atoms with Crippen LogP contribution in [-0.4, -0.2) is 16.1 Å². The maximum atomic E-state index is 10.6. The number of halogens is 2. The summed E-state index contributed by atoms with van der Waals surface area (Å²) in [6, 6.07) is 1.54. The zero-order valence-corrected chi connectivity index (χ0v) is 8.59. The van der Waals surface area contributed by atoms with E-state index >= 15 is 0 Å². The minimum atomic E-state index is -0.777. The van der Waals surface area contributed by atoms with E-state index in [0.29, 0.717) is 16.6 Å². The molecule has 2 atom stereocenters. The molecule has 1 fully saturated rings. The van der Waals surface area contributed by atoms with Gasteiger partial charge in [0, 0.05) is 17.1 Å². The van der Waals surface area contributed by atoms with Crippen LogP contribution >= 0.6 is 23.2 Å². The average molecular weight is 232 g/mol. The quantitative estimate of drug-likeness (QED) is 0.797. The van der Waals surface area contributed by atoms with Crippen LogP contribution in [0.3, 0.4) is 0 Å². The van der Waals surface area contributed by atoms with Gasteiger partial charge in [-0.3, -0.25) is 4.79 Å². The van der Waals surface area contributed by atoms with Crippen LogP contribution in [0, 0.1) is 5.92 Å². The number of pyridine rings is 1. The topological polar surface area (TPSA) is 50.2 Å². The monoisotopic (exact) mass is 231 g/mol. The molecule has 0 spiro atoms. The number of carboxylic acids is 1. The number of rotatable bonds is 2. The molecule has 0 radical (unpaired) electrons. The molecule has 2 rings (SSSR count). The number of carboxylic acid groups (broad SMARTS) is 1. The van der Waals surface area contributed by atoms with Crippen LogP contribution in [0.1, 0.15) is 17.9 Å². The summed E-state index contributed by atoms with van der Waals surface area (Å²) >= 11 is 11.5. The van der Waals surface area contributed by atoms with Crippen LogP contribution in [0.25, 0.3) is 0 Å². The molecule has 5 heteroatoms. The van der Waals surface area contributed by atoms with Gasteiger partial charge in [-0.2, -0.15) is 0 Å². The second-order valence-corrected chi connectivity index (χ2v) is 4.11. The van der Waals surface area contributed by atoms with Crippen molar-refractivity contribution < 1.29 is 9.90 Å². The van der Waals surface area contributed by atoms with Crippen molar-refractivity contribution in [2.75, 3.05) is 0 Å². The lowest BCUT2D eigenvalue weighted by atomic mass is 10.1. The Hall–Kier alpha value is -0.800. The highest BCUT2D eigenvalue weighted by atomic mass is 35.5. The van der Waals surface area contributed by atoms with Crippen LogP contribution < -0.4 is 0 Å². The number of aromatic nitrogens is 1. The van der Waals surface area contributed by atoms with Crippen LogP contribution in [0.4, 0.5) is 0 Å². The second-order valence-electron chi connectivity index (χ2n) is 3.32. The largest absolute Gasteiger partial charge is 0.481 e. The van der Waals surface area contributed by atoms with Gasteiger partial charge in [0.05, 0.1) is 5.92 Å². The minimum absolute atomic E-state index is 0.00441. The van der Waals surface area contributed by atoms with E-state index < -0.39 is 5.97 Å². The van der Waals surface area contributed by atoms with Gasteiger partial charge >= 0.3 is 5.97 Å². The smallest absolute Gasteiger partial charge is 0.307 e. The maximum Gasteiger partial charge on any atom is 0.307 e. The molecular weight excluding hydrogens is 225 g/mol. The van der Waals surface area contributed by atoms with Gasteiger partial charge in [-0.15, -0.1) is 0 Å². The molecule has 74 valence electrons. The van der Waals surface area contributed by atoms with E-state index in [9.17, 15) is 4.79 Å². The highest BCUT2D eigenvalue weighted by Crippen LogP contribution is 2.49. The van der Waals surface area contributed by atoms with Crippen molar-refractivity contribution in [1.82, 2.24) is 4.98 Å². The Morgan fingerprint density at radius 2 is 2.29 bits per heavy atom. The molecule has 14 heavy (non-hydrogen) atoms. The molecule has 0 saturated heterocycles. The molecule has 1 N–H and O–H groups in total. The van der Waals surface area contributed by atoms with E-state index in [1.165, 1.54) is 6.07 Å². The van der Waals surface area contributed by atoms with E-state index in [4.69, 9.17) is 28.3 Å². The summed E-state index contributed by atoms with van der Waals surface area (Å²) in [6.07, 6.45) is 2.19. The Labute approximate surface area is 90.7 Å². The first-order valence-corrected chi connectivity index (χ1v) is 4.89. The normalized spacial score (nSPS) is 24.7. The molecule has 1 aromatic rings. The first-order valence-electron chi connectivity index (χ1n) is 4.13. The molecule has 0 unspecified atom stereocenters. The molecule has 1 aliphatic carbocycles. The van der Waals surface area contributed by atoms with E-state index in [2.05, 4.69) is 4.98 Å². The highest BCUT2D eigenvalue weighted by Gasteiger charge is 2.45. The molecule has 1 aromatic heterocycles.